The lowest BCUT2D eigenvalue weighted by atomic mass is 9.64. The van der Waals surface area contributed by atoms with Gasteiger partial charge in [-0.1, -0.05) is 25.5 Å². The van der Waals surface area contributed by atoms with Gasteiger partial charge in [-0.25, -0.2) is 0 Å². The largest absolute Gasteiger partial charge is 0.303 e. The minimum atomic E-state index is 0.208. The van der Waals surface area contributed by atoms with Crippen LogP contribution in [0.4, 0.5) is 0 Å². The van der Waals surface area contributed by atoms with E-state index in [4.69, 9.17) is 0 Å². The molecule has 1 fully saturated rings. The number of rotatable bonds is 1. The molecule has 0 aromatic rings. The second-order valence-corrected chi connectivity index (χ2v) is 4.77. The minimum absolute atomic E-state index is 0.208. The minimum Gasteiger partial charge on any atom is -0.303 e. The van der Waals surface area contributed by atoms with Gasteiger partial charge in [0, 0.05) is 11.3 Å². The molecule has 0 aromatic heterocycles. The van der Waals surface area contributed by atoms with Crippen LogP contribution in [-0.4, -0.2) is 6.29 Å². The van der Waals surface area contributed by atoms with Gasteiger partial charge in [0.25, 0.3) is 0 Å². The first kappa shape index (κ1) is 8.98. The van der Waals surface area contributed by atoms with E-state index >= 15 is 0 Å². The maximum Gasteiger partial charge on any atom is 0.123 e. The quantitative estimate of drug-likeness (QED) is 0.445. The third-order valence-electron chi connectivity index (χ3n) is 4.37. The molecule has 1 saturated carbocycles. The lowest BCUT2D eigenvalue weighted by Crippen LogP contribution is -2.33. The van der Waals surface area contributed by atoms with Crippen LogP contribution in [0.5, 0.6) is 0 Å². The molecule has 1 nitrogen and oxygen atoms in total. The van der Waals surface area contributed by atoms with Crippen LogP contribution in [0.1, 0.15) is 39.5 Å². The van der Waals surface area contributed by atoms with Gasteiger partial charge >= 0.3 is 0 Å². The molecule has 3 atom stereocenters. The van der Waals surface area contributed by atoms with E-state index < -0.39 is 0 Å². The summed E-state index contributed by atoms with van der Waals surface area (Å²) in [7, 11) is 0. The van der Waals surface area contributed by atoms with Gasteiger partial charge in [0.2, 0.25) is 0 Å². The summed E-state index contributed by atoms with van der Waals surface area (Å²) in [5, 5.41) is 0. The van der Waals surface area contributed by atoms with Crippen LogP contribution < -0.4 is 0 Å². The zero-order valence-corrected chi connectivity index (χ0v) is 8.55. The van der Waals surface area contributed by atoms with Crippen molar-refractivity contribution in [3.8, 4) is 0 Å². The Hall–Kier alpha value is -0.590. The Kier molecular flexibility index (Phi) is 2.05. The predicted molar refractivity (Wildman–Crippen MR) is 53.4 cm³/mol. The van der Waals surface area contributed by atoms with Gasteiger partial charge in [0.1, 0.15) is 6.29 Å². The molecule has 72 valence electrons. The first-order valence-corrected chi connectivity index (χ1v) is 5.34. The van der Waals surface area contributed by atoms with Crippen LogP contribution in [0.15, 0.2) is 11.6 Å². The Balaban J connectivity index is 2.38. The lowest BCUT2D eigenvalue weighted by Gasteiger charge is -2.39. The highest BCUT2D eigenvalue weighted by atomic mass is 16.1. The summed E-state index contributed by atoms with van der Waals surface area (Å²) in [6.45, 7) is 4.59. The number of carbonyl (C=O) groups excluding carboxylic acids is 1. The van der Waals surface area contributed by atoms with Crippen molar-refractivity contribution >= 4 is 6.29 Å². The fourth-order valence-corrected chi connectivity index (χ4v) is 3.14. The molecule has 0 N–H and O–H groups in total. The molecule has 2 aliphatic carbocycles. The van der Waals surface area contributed by atoms with Crippen LogP contribution in [0.2, 0.25) is 0 Å². The molecule has 13 heavy (non-hydrogen) atoms. The van der Waals surface area contributed by atoms with E-state index in [2.05, 4.69) is 19.9 Å². The van der Waals surface area contributed by atoms with E-state index in [0.717, 1.165) is 12.8 Å². The summed E-state index contributed by atoms with van der Waals surface area (Å²) >= 11 is 0. The topological polar surface area (TPSA) is 17.1 Å². The van der Waals surface area contributed by atoms with Gasteiger partial charge in [0.05, 0.1) is 0 Å². The number of allylic oxidation sites excluding steroid dienone is 2. The van der Waals surface area contributed by atoms with Gasteiger partial charge in [-0.3, -0.25) is 0 Å². The Labute approximate surface area is 80.2 Å². The summed E-state index contributed by atoms with van der Waals surface area (Å²) in [6, 6.07) is 0. The zero-order chi connectivity index (χ0) is 9.47. The second-order valence-electron chi connectivity index (χ2n) is 4.77. The van der Waals surface area contributed by atoms with Crippen LogP contribution in [-0.2, 0) is 4.79 Å². The van der Waals surface area contributed by atoms with Crippen LogP contribution in [0.25, 0.3) is 0 Å². The van der Waals surface area contributed by atoms with E-state index in [-0.39, 0.29) is 11.3 Å². The summed E-state index contributed by atoms with van der Waals surface area (Å²) < 4.78 is 0. The van der Waals surface area contributed by atoms with Crippen LogP contribution in [0, 0.1) is 17.3 Å². The van der Waals surface area contributed by atoms with Gasteiger partial charge in [-0.2, -0.15) is 0 Å². The molecule has 2 rings (SSSR count). The highest BCUT2D eigenvalue weighted by molar-refractivity contribution is 5.58. The van der Waals surface area contributed by atoms with Crippen molar-refractivity contribution in [1.29, 1.82) is 0 Å². The monoisotopic (exact) mass is 178 g/mol. The Morgan fingerprint density at radius 3 is 3.00 bits per heavy atom. The fourth-order valence-electron chi connectivity index (χ4n) is 3.14. The predicted octanol–water partition coefficient (Wildman–Crippen LogP) is 2.96. The molecule has 0 spiro atoms. The molecule has 2 aliphatic rings. The van der Waals surface area contributed by atoms with Crippen molar-refractivity contribution in [1.82, 2.24) is 0 Å². The molecule has 1 unspecified atom stereocenters. The molecular weight excluding hydrogens is 160 g/mol. The average Bonchev–Trinajstić information content (AvgIpc) is 2.45. The van der Waals surface area contributed by atoms with E-state index in [1.807, 2.05) is 0 Å². The van der Waals surface area contributed by atoms with Gasteiger partial charge in [0.15, 0.2) is 0 Å². The van der Waals surface area contributed by atoms with Crippen molar-refractivity contribution in [2.75, 3.05) is 0 Å². The summed E-state index contributed by atoms with van der Waals surface area (Å²) in [6.07, 6.45) is 8.27. The third kappa shape index (κ3) is 1.09. The van der Waals surface area contributed by atoms with Crippen molar-refractivity contribution in [3.05, 3.63) is 11.6 Å². The van der Waals surface area contributed by atoms with Crippen LogP contribution in [0.3, 0.4) is 0 Å². The number of carbonyl (C=O) groups is 1. The maximum absolute atomic E-state index is 11.0. The van der Waals surface area contributed by atoms with Crippen molar-refractivity contribution < 1.29 is 4.79 Å². The van der Waals surface area contributed by atoms with Gasteiger partial charge < -0.3 is 4.79 Å². The smallest absolute Gasteiger partial charge is 0.123 e. The molecule has 0 aliphatic heterocycles. The summed E-state index contributed by atoms with van der Waals surface area (Å²) in [5.74, 6) is 0.972. The zero-order valence-electron chi connectivity index (χ0n) is 8.55. The normalized spacial score (nSPS) is 44.0. The average molecular weight is 178 g/mol. The number of aldehydes is 1. The van der Waals surface area contributed by atoms with Gasteiger partial charge in [-0.05, 0) is 31.6 Å². The van der Waals surface area contributed by atoms with E-state index in [1.54, 1.807) is 5.57 Å². The Morgan fingerprint density at radius 2 is 2.31 bits per heavy atom. The Morgan fingerprint density at radius 1 is 1.54 bits per heavy atom. The van der Waals surface area contributed by atoms with Crippen molar-refractivity contribution in [2.24, 2.45) is 17.3 Å². The maximum atomic E-state index is 11.0. The first-order valence-electron chi connectivity index (χ1n) is 5.34. The molecule has 0 bridgehead atoms. The van der Waals surface area contributed by atoms with E-state index in [1.165, 1.54) is 19.1 Å². The van der Waals surface area contributed by atoms with E-state index in [0.29, 0.717) is 5.92 Å². The SMILES string of the molecule is C[C@H]1CCC=C2CCC(C=O)[C@@]21C. The molecule has 0 radical (unpaired) electrons. The van der Waals surface area contributed by atoms with Gasteiger partial charge in [-0.15, -0.1) is 0 Å². The molecule has 0 aromatic carbocycles. The summed E-state index contributed by atoms with van der Waals surface area (Å²) in [5.41, 5.74) is 1.77. The first-order chi connectivity index (χ1) is 6.19. The second kappa shape index (κ2) is 2.97. The molecule has 0 saturated heterocycles. The summed E-state index contributed by atoms with van der Waals surface area (Å²) in [4.78, 5) is 11.0. The molecule has 1 heteroatoms. The van der Waals surface area contributed by atoms with Crippen molar-refractivity contribution in [3.63, 3.8) is 0 Å². The number of hydrogen-bond donors (Lipinski definition) is 0. The molecule has 0 amide bonds. The van der Waals surface area contributed by atoms with Crippen molar-refractivity contribution in [2.45, 2.75) is 39.5 Å². The highest BCUT2D eigenvalue weighted by Crippen LogP contribution is 2.54. The molecular formula is C12H18O. The lowest BCUT2D eigenvalue weighted by molar-refractivity contribution is -0.114. The fraction of sp³-hybridized carbons (Fsp3) is 0.750. The van der Waals surface area contributed by atoms with E-state index in [9.17, 15) is 4.79 Å². The standard InChI is InChI=1S/C12H18O/c1-9-4-3-5-10-6-7-11(8-13)12(9,10)2/h5,8-9,11H,3-4,6-7H2,1-2H3/t9-,11?,12+/m0/s1. The number of fused-ring (bicyclic) bond motifs is 1. The Bertz CT molecular complexity index is 254. The highest BCUT2D eigenvalue weighted by Gasteiger charge is 2.47. The number of hydrogen-bond acceptors (Lipinski definition) is 1. The third-order valence-corrected chi connectivity index (χ3v) is 4.37. The molecule has 0 heterocycles. The van der Waals surface area contributed by atoms with Crippen LogP contribution >= 0.6 is 0 Å².